The molecule has 0 aliphatic carbocycles. The van der Waals surface area contributed by atoms with E-state index in [0.717, 1.165) is 16.9 Å². The van der Waals surface area contributed by atoms with Crippen molar-refractivity contribution < 1.29 is 19.1 Å². The van der Waals surface area contributed by atoms with Crippen LogP contribution in [0.5, 0.6) is 5.75 Å². The quantitative estimate of drug-likeness (QED) is 0.162. The summed E-state index contributed by atoms with van der Waals surface area (Å²) in [5, 5.41) is 2.83. The van der Waals surface area contributed by atoms with E-state index in [0.29, 0.717) is 6.42 Å². The van der Waals surface area contributed by atoms with Crippen molar-refractivity contribution in [2.75, 3.05) is 7.11 Å². The Kier molecular flexibility index (Phi) is 14.1. The average Bonchev–Trinajstić information content (AvgIpc) is 2.91. The number of amides is 1. The summed E-state index contributed by atoms with van der Waals surface area (Å²) in [7, 11) is 1.77. The van der Waals surface area contributed by atoms with E-state index in [1.807, 2.05) is 36.4 Å². The van der Waals surface area contributed by atoms with Crippen LogP contribution in [-0.2, 0) is 27.4 Å². The number of esters is 1. The van der Waals surface area contributed by atoms with Gasteiger partial charge in [0.25, 0.3) is 0 Å². The molecule has 0 bridgehead atoms. The Morgan fingerprint density at radius 3 is 1.97 bits per heavy atom. The molecule has 0 saturated carbocycles. The first-order valence-corrected chi connectivity index (χ1v) is 21.5. The van der Waals surface area contributed by atoms with Crippen molar-refractivity contribution in [3.63, 3.8) is 0 Å². The summed E-state index contributed by atoms with van der Waals surface area (Å²) >= 11 is -2.79. The van der Waals surface area contributed by atoms with Gasteiger partial charge in [-0.2, -0.15) is 0 Å². The van der Waals surface area contributed by atoms with Crippen LogP contribution in [0.2, 0.25) is 13.3 Å². The molecule has 1 atom stereocenters. The number of unbranched alkanes of at least 4 members (excludes halogenated alkanes) is 3. The first kappa shape index (κ1) is 31.2. The van der Waals surface area contributed by atoms with Crippen LogP contribution >= 0.6 is 0 Å². The third-order valence-corrected chi connectivity index (χ3v) is 22.8. The van der Waals surface area contributed by atoms with Crippen molar-refractivity contribution in [1.29, 1.82) is 0 Å². The summed E-state index contributed by atoms with van der Waals surface area (Å²) in [5.74, 6) is 0.359. The molecule has 5 nitrogen and oxygen atoms in total. The standard InChI is InChI=1S/C19H20NO4.3C4H9.Sn/c1-14(21)20-18(12-15-8-10-17(23-2)11-9-15)19(22)24-13-16-6-4-3-5-7-16;3*1-3-4-2;/h3-10,18H,12-13H2,1-2H3,(H,20,21);3*1,3-4H2,2H3;/t18-;;;;/m0..../s1. The topological polar surface area (TPSA) is 64.6 Å². The van der Waals surface area contributed by atoms with Crippen LogP contribution in [0.3, 0.4) is 0 Å². The van der Waals surface area contributed by atoms with Gasteiger partial charge in [0, 0.05) is 0 Å². The van der Waals surface area contributed by atoms with Crippen LogP contribution < -0.4 is 13.6 Å². The molecule has 0 aliphatic rings. The molecule has 204 valence electrons. The summed E-state index contributed by atoms with van der Waals surface area (Å²) in [4.78, 5) is 25.0. The molecule has 1 amide bonds. The van der Waals surface area contributed by atoms with Crippen LogP contribution in [0.15, 0.2) is 48.5 Å². The van der Waals surface area contributed by atoms with Crippen LogP contribution in [0.1, 0.15) is 77.3 Å². The number of benzene rings is 2. The van der Waals surface area contributed by atoms with Gasteiger partial charge >= 0.3 is 229 Å². The molecule has 0 aliphatic heterocycles. The SMILES string of the molecule is CCC[CH2][Sn]([CH2]CCC)([CH2]CCC)[c]1cc(C[C@H](NC(C)=O)C(=O)OCc2ccccc2)ccc1OC. The van der Waals surface area contributed by atoms with Gasteiger partial charge in [0.2, 0.25) is 0 Å². The van der Waals surface area contributed by atoms with Crippen molar-refractivity contribution in [2.45, 2.75) is 98.6 Å². The Bertz CT molecular complexity index is 941. The molecular weight excluding hydrogens is 569 g/mol. The summed E-state index contributed by atoms with van der Waals surface area (Å²) in [6, 6.07) is 15.3. The Hall–Kier alpha value is -2.02. The summed E-state index contributed by atoms with van der Waals surface area (Å²) in [6.45, 7) is 8.47. The van der Waals surface area contributed by atoms with E-state index in [9.17, 15) is 9.59 Å². The molecule has 0 spiro atoms. The van der Waals surface area contributed by atoms with Crippen LogP contribution in [0, 0.1) is 0 Å². The first-order valence-electron chi connectivity index (χ1n) is 14.0. The predicted octanol–water partition coefficient (Wildman–Crippen LogP) is 6.54. The van der Waals surface area contributed by atoms with Crippen LogP contribution in [0.4, 0.5) is 0 Å². The van der Waals surface area contributed by atoms with Gasteiger partial charge in [-0.05, 0) is 0 Å². The van der Waals surface area contributed by atoms with E-state index < -0.39 is 30.4 Å². The molecule has 2 aromatic carbocycles. The maximum atomic E-state index is 13.0. The molecule has 0 aromatic heterocycles. The molecule has 2 rings (SSSR count). The number of nitrogens with one attached hydrogen (secondary N) is 1. The Morgan fingerprint density at radius 2 is 1.46 bits per heavy atom. The van der Waals surface area contributed by atoms with Gasteiger partial charge in [-0.25, -0.2) is 0 Å². The summed E-state index contributed by atoms with van der Waals surface area (Å²) in [5.41, 5.74) is 1.97. The fraction of sp³-hybridized carbons (Fsp3) is 0.548. The molecule has 0 heterocycles. The second kappa shape index (κ2) is 16.7. The fourth-order valence-electron chi connectivity index (χ4n) is 5.12. The molecule has 0 unspecified atom stereocenters. The molecule has 6 heteroatoms. The van der Waals surface area contributed by atoms with Crippen molar-refractivity contribution in [3.05, 3.63) is 59.7 Å². The van der Waals surface area contributed by atoms with E-state index in [1.54, 1.807) is 7.11 Å². The number of methoxy groups -OCH3 is 1. The zero-order chi connectivity index (χ0) is 27.1. The third-order valence-electron chi connectivity index (χ3n) is 7.19. The van der Waals surface area contributed by atoms with E-state index in [2.05, 4.69) is 38.2 Å². The van der Waals surface area contributed by atoms with Crippen LogP contribution in [0.25, 0.3) is 0 Å². The molecule has 0 radical (unpaired) electrons. The molecule has 1 N–H and O–H groups in total. The number of carbonyl (C=O) groups excluding carboxylic acids is 2. The van der Waals surface area contributed by atoms with E-state index in [4.69, 9.17) is 9.47 Å². The normalized spacial score (nSPS) is 12.1. The van der Waals surface area contributed by atoms with Crippen molar-refractivity contribution in [3.8, 4) is 5.75 Å². The van der Waals surface area contributed by atoms with E-state index in [1.165, 1.54) is 62.3 Å². The number of hydrogen-bond donors (Lipinski definition) is 1. The van der Waals surface area contributed by atoms with E-state index >= 15 is 0 Å². The zero-order valence-corrected chi connectivity index (χ0v) is 26.5. The van der Waals surface area contributed by atoms with Crippen molar-refractivity contribution in [1.82, 2.24) is 5.32 Å². The monoisotopic (exact) mass is 617 g/mol. The van der Waals surface area contributed by atoms with Crippen molar-refractivity contribution >= 4 is 33.8 Å². The van der Waals surface area contributed by atoms with Crippen molar-refractivity contribution in [2.24, 2.45) is 0 Å². The Labute approximate surface area is 228 Å². The minimum absolute atomic E-state index is 0.189. The third kappa shape index (κ3) is 9.99. The molecule has 0 fully saturated rings. The van der Waals surface area contributed by atoms with E-state index in [-0.39, 0.29) is 12.5 Å². The molecule has 37 heavy (non-hydrogen) atoms. The minimum atomic E-state index is -2.79. The fourth-order valence-corrected chi connectivity index (χ4v) is 21.8. The van der Waals surface area contributed by atoms with Gasteiger partial charge in [0.1, 0.15) is 0 Å². The Morgan fingerprint density at radius 1 is 0.865 bits per heavy atom. The van der Waals surface area contributed by atoms with Gasteiger partial charge in [0.15, 0.2) is 0 Å². The second-order valence-corrected chi connectivity index (χ2v) is 23.3. The first-order chi connectivity index (χ1) is 17.9. The second-order valence-electron chi connectivity index (χ2n) is 10.2. The summed E-state index contributed by atoms with van der Waals surface area (Å²) in [6.07, 6.45) is 7.80. The maximum absolute atomic E-state index is 13.0. The van der Waals surface area contributed by atoms with Gasteiger partial charge in [-0.3, -0.25) is 0 Å². The molecule has 0 saturated heterocycles. The summed E-state index contributed by atoms with van der Waals surface area (Å²) < 4.78 is 17.0. The van der Waals surface area contributed by atoms with Gasteiger partial charge in [-0.1, -0.05) is 0 Å². The number of hydrogen-bond acceptors (Lipinski definition) is 4. The number of ether oxygens (including phenoxy) is 2. The molecular formula is C31H47NO4Sn. The zero-order valence-electron chi connectivity index (χ0n) is 23.6. The van der Waals surface area contributed by atoms with Gasteiger partial charge in [-0.15, -0.1) is 0 Å². The molecule has 2 aromatic rings. The predicted molar refractivity (Wildman–Crippen MR) is 155 cm³/mol. The number of carbonyl (C=O) groups is 2. The average molecular weight is 616 g/mol. The van der Waals surface area contributed by atoms with Crippen LogP contribution in [-0.4, -0.2) is 43.4 Å². The van der Waals surface area contributed by atoms with Gasteiger partial charge in [0.05, 0.1) is 0 Å². The van der Waals surface area contributed by atoms with Gasteiger partial charge < -0.3 is 0 Å². The Balaban J connectivity index is 2.38. The number of rotatable bonds is 17.